The minimum Gasteiger partial charge on any atom is -0.197 e. The molecule has 1 nitrogen and oxygen atoms in total. The predicted molar refractivity (Wildman–Crippen MR) is 108 cm³/mol. The Kier molecular flexibility index (Phi) is 8.53. The van der Waals surface area contributed by atoms with Crippen LogP contribution in [0.1, 0.15) is 102 Å². The number of hydrogen-bond donors (Lipinski definition) is 0. The second kappa shape index (κ2) is 10.6. The molecule has 0 radical (unpaired) electrons. The van der Waals surface area contributed by atoms with Crippen LogP contribution in [0.2, 0.25) is 0 Å². The molecule has 25 heavy (non-hydrogen) atoms. The predicted octanol–water partition coefficient (Wildman–Crippen LogP) is 7.34. The SMILES string of the molecule is CCCCCCCC1CCC(C#N)(c2ccc(CCCC)cc2)CC1. The van der Waals surface area contributed by atoms with Gasteiger partial charge in [0.15, 0.2) is 0 Å². The summed E-state index contributed by atoms with van der Waals surface area (Å²) in [4.78, 5) is 0. The van der Waals surface area contributed by atoms with Crippen LogP contribution in [0.25, 0.3) is 0 Å². The number of hydrogen-bond acceptors (Lipinski definition) is 1. The molecule has 2 rings (SSSR count). The standard InChI is InChI=1S/C24H37N/c1-3-5-7-8-9-11-22-16-18-24(20-25,19-17-22)23-14-12-21(13-15-23)10-6-4-2/h12-15,22H,3-11,16-19H2,1-2H3. The van der Waals surface area contributed by atoms with Gasteiger partial charge in [0, 0.05) is 0 Å². The van der Waals surface area contributed by atoms with Crippen molar-refractivity contribution in [1.29, 1.82) is 5.26 Å². The number of nitrogens with zero attached hydrogens (tertiary/aromatic N) is 1. The molecular formula is C24H37N. The van der Waals surface area contributed by atoms with Crippen molar-refractivity contribution < 1.29 is 0 Å². The molecule has 1 aliphatic rings. The molecule has 1 saturated carbocycles. The van der Waals surface area contributed by atoms with Gasteiger partial charge in [-0.2, -0.15) is 5.26 Å². The summed E-state index contributed by atoms with van der Waals surface area (Å²) < 4.78 is 0. The van der Waals surface area contributed by atoms with Crippen LogP contribution in [0, 0.1) is 17.2 Å². The zero-order valence-corrected chi connectivity index (χ0v) is 16.5. The largest absolute Gasteiger partial charge is 0.197 e. The second-order valence-corrected chi connectivity index (χ2v) is 8.14. The van der Waals surface area contributed by atoms with Crippen LogP contribution in [-0.2, 0) is 11.8 Å². The topological polar surface area (TPSA) is 23.8 Å². The van der Waals surface area contributed by atoms with Crippen LogP contribution < -0.4 is 0 Å². The summed E-state index contributed by atoms with van der Waals surface area (Å²) in [7, 11) is 0. The van der Waals surface area contributed by atoms with Gasteiger partial charge in [0.2, 0.25) is 0 Å². The number of unbranched alkanes of at least 4 members (excludes halogenated alkanes) is 5. The van der Waals surface area contributed by atoms with E-state index >= 15 is 0 Å². The van der Waals surface area contributed by atoms with Gasteiger partial charge in [0.25, 0.3) is 0 Å². The smallest absolute Gasteiger partial charge is 0.0822 e. The van der Waals surface area contributed by atoms with Crippen molar-refractivity contribution in [2.45, 2.75) is 103 Å². The van der Waals surface area contributed by atoms with Gasteiger partial charge >= 0.3 is 0 Å². The first kappa shape index (κ1) is 20.0. The molecule has 0 N–H and O–H groups in total. The summed E-state index contributed by atoms with van der Waals surface area (Å²) in [5, 5.41) is 9.92. The first-order valence-corrected chi connectivity index (χ1v) is 10.7. The third-order valence-corrected chi connectivity index (χ3v) is 6.21. The summed E-state index contributed by atoms with van der Waals surface area (Å²) in [5.41, 5.74) is 2.46. The zero-order chi connectivity index (χ0) is 18.0. The van der Waals surface area contributed by atoms with Gasteiger partial charge in [0.05, 0.1) is 11.5 Å². The van der Waals surface area contributed by atoms with Gasteiger partial charge in [-0.05, 0) is 55.6 Å². The number of rotatable bonds is 10. The van der Waals surface area contributed by atoms with Gasteiger partial charge in [0.1, 0.15) is 0 Å². The van der Waals surface area contributed by atoms with Gasteiger partial charge in [-0.15, -0.1) is 0 Å². The lowest BCUT2D eigenvalue weighted by Crippen LogP contribution is -2.30. The highest BCUT2D eigenvalue weighted by Gasteiger charge is 2.36. The normalized spacial score (nSPS) is 23.3. The maximum atomic E-state index is 9.92. The van der Waals surface area contributed by atoms with E-state index in [9.17, 15) is 5.26 Å². The van der Waals surface area contributed by atoms with Crippen molar-refractivity contribution in [2.24, 2.45) is 5.92 Å². The Balaban J connectivity index is 1.85. The first-order valence-electron chi connectivity index (χ1n) is 10.7. The average molecular weight is 340 g/mol. The van der Waals surface area contributed by atoms with Crippen LogP contribution in [0.15, 0.2) is 24.3 Å². The lowest BCUT2D eigenvalue weighted by atomic mass is 9.66. The number of benzene rings is 1. The van der Waals surface area contributed by atoms with Gasteiger partial charge < -0.3 is 0 Å². The van der Waals surface area contributed by atoms with Crippen molar-refractivity contribution in [2.75, 3.05) is 0 Å². The Hall–Kier alpha value is -1.29. The molecule has 0 aliphatic heterocycles. The van der Waals surface area contributed by atoms with E-state index in [1.54, 1.807) is 0 Å². The molecule has 1 aromatic rings. The van der Waals surface area contributed by atoms with E-state index in [2.05, 4.69) is 44.2 Å². The molecule has 138 valence electrons. The molecule has 0 spiro atoms. The van der Waals surface area contributed by atoms with Gasteiger partial charge in [-0.3, -0.25) is 0 Å². The zero-order valence-electron chi connectivity index (χ0n) is 16.5. The summed E-state index contributed by atoms with van der Waals surface area (Å²) >= 11 is 0. The Bertz CT molecular complexity index is 514. The summed E-state index contributed by atoms with van der Waals surface area (Å²) in [5.74, 6) is 0.854. The fourth-order valence-corrected chi connectivity index (χ4v) is 4.33. The fourth-order valence-electron chi connectivity index (χ4n) is 4.33. The fraction of sp³-hybridized carbons (Fsp3) is 0.708. The van der Waals surface area contributed by atoms with E-state index in [0.717, 1.165) is 25.2 Å². The molecule has 0 aromatic heterocycles. The molecule has 0 amide bonds. The molecule has 0 saturated heterocycles. The van der Waals surface area contributed by atoms with Crippen LogP contribution in [0.5, 0.6) is 0 Å². The Labute approximate surface area is 155 Å². The van der Waals surface area contributed by atoms with Gasteiger partial charge in [-0.1, -0.05) is 83.1 Å². The third kappa shape index (κ3) is 5.88. The Morgan fingerprint density at radius 1 is 0.920 bits per heavy atom. The third-order valence-electron chi connectivity index (χ3n) is 6.21. The quantitative estimate of drug-likeness (QED) is 0.409. The minimum atomic E-state index is -0.220. The van der Waals surface area contributed by atoms with E-state index in [4.69, 9.17) is 0 Å². The van der Waals surface area contributed by atoms with Crippen LogP contribution >= 0.6 is 0 Å². The molecule has 0 bridgehead atoms. The Morgan fingerprint density at radius 3 is 2.16 bits per heavy atom. The second-order valence-electron chi connectivity index (χ2n) is 8.14. The molecule has 0 heterocycles. The Morgan fingerprint density at radius 2 is 1.56 bits per heavy atom. The van der Waals surface area contributed by atoms with E-state index < -0.39 is 0 Å². The monoisotopic (exact) mass is 339 g/mol. The van der Waals surface area contributed by atoms with Crippen molar-refractivity contribution in [3.05, 3.63) is 35.4 Å². The number of aryl methyl sites for hydroxylation is 1. The molecule has 1 heteroatoms. The lowest BCUT2D eigenvalue weighted by molar-refractivity contribution is 0.261. The molecule has 1 fully saturated rings. The molecule has 0 unspecified atom stereocenters. The number of nitriles is 1. The highest BCUT2D eigenvalue weighted by atomic mass is 14.4. The van der Waals surface area contributed by atoms with Crippen molar-refractivity contribution in [1.82, 2.24) is 0 Å². The summed E-state index contributed by atoms with van der Waals surface area (Å²) in [6.07, 6.45) is 16.5. The van der Waals surface area contributed by atoms with E-state index in [1.807, 2.05) is 0 Å². The maximum absolute atomic E-state index is 9.92. The highest BCUT2D eigenvalue weighted by molar-refractivity contribution is 5.35. The van der Waals surface area contributed by atoms with Crippen molar-refractivity contribution in [3.63, 3.8) is 0 Å². The molecule has 1 aromatic carbocycles. The van der Waals surface area contributed by atoms with E-state index in [1.165, 1.54) is 75.3 Å². The highest BCUT2D eigenvalue weighted by Crippen LogP contribution is 2.42. The summed E-state index contributed by atoms with van der Waals surface area (Å²) in [6, 6.07) is 11.7. The van der Waals surface area contributed by atoms with Crippen molar-refractivity contribution >= 4 is 0 Å². The van der Waals surface area contributed by atoms with E-state index in [-0.39, 0.29) is 5.41 Å². The van der Waals surface area contributed by atoms with Crippen LogP contribution in [-0.4, -0.2) is 0 Å². The molecular weight excluding hydrogens is 302 g/mol. The van der Waals surface area contributed by atoms with Crippen LogP contribution in [0.4, 0.5) is 0 Å². The van der Waals surface area contributed by atoms with Crippen LogP contribution in [0.3, 0.4) is 0 Å². The van der Waals surface area contributed by atoms with E-state index in [0.29, 0.717) is 0 Å². The first-order chi connectivity index (χ1) is 12.2. The molecule has 0 atom stereocenters. The minimum absolute atomic E-state index is 0.220. The summed E-state index contributed by atoms with van der Waals surface area (Å²) in [6.45, 7) is 4.51. The van der Waals surface area contributed by atoms with Crippen molar-refractivity contribution in [3.8, 4) is 6.07 Å². The maximum Gasteiger partial charge on any atom is 0.0822 e. The molecule has 1 aliphatic carbocycles. The average Bonchev–Trinajstić information content (AvgIpc) is 2.67. The van der Waals surface area contributed by atoms with Gasteiger partial charge in [-0.25, -0.2) is 0 Å². The lowest BCUT2D eigenvalue weighted by Gasteiger charge is -2.35.